The topological polar surface area (TPSA) is 58.2 Å². The number of carbonyl (C=O) groups is 2. The highest BCUT2D eigenvalue weighted by Crippen LogP contribution is 2.08. The van der Waals surface area contributed by atoms with Crippen LogP contribution in [0.2, 0.25) is 0 Å². The van der Waals surface area contributed by atoms with E-state index in [9.17, 15) is 9.59 Å². The standard InChI is InChI=1S/C15H20N2O2/c1-5-9-16-13(18)11-7-6-8-12(10-11)14(19)17-15(2,3)4/h5-8,10H,1,9H2,2-4H3,(H,16,18)(H,17,19). The molecule has 0 saturated heterocycles. The molecule has 4 heteroatoms. The number of amides is 2. The molecule has 0 spiro atoms. The number of benzene rings is 1. The zero-order chi connectivity index (χ0) is 14.5. The van der Waals surface area contributed by atoms with Crippen LogP contribution in [0.5, 0.6) is 0 Å². The molecule has 0 saturated carbocycles. The first-order chi connectivity index (χ1) is 8.83. The Hall–Kier alpha value is -2.10. The van der Waals surface area contributed by atoms with Crippen molar-refractivity contribution in [1.82, 2.24) is 10.6 Å². The Kier molecular flexibility index (Phi) is 4.87. The van der Waals surface area contributed by atoms with Crippen molar-refractivity contribution in [3.8, 4) is 0 Å². The summed E-state index contributed by atoms with van der Waals surface area (Å²) in [4.78, 5) is 23.8. The van der Waals surface area contributed by atoms with Gasteiger partial charge < -0.3 is 10.6 Å². The molecular formula is C15H20N2O2. The first-order valence-electron chi connectivity index (χ1n) is 6.15. The van der Waals surface area contributed by atoms with Crippen LogP contribution in [0.15, 0.2) is 36.9 Å². The highest BCUT2D eigenvalue weighted by atomic mass is 16.2. The average molecular weight is 260 g/mol. The summed E-state index contributed by atoms with van der Waals surface area (Å²) in [6, 6.07) is 6.64. The third kappa shape index (κ3) is 4.95. The van der Waals surface area contributed by atoms with E-state index in [4.69, 9.17) is 0 Å². The Morgan fingerprint density at radius 2 is 1.79 bits per heavy atom. The Labute approximate surface area is 113 Å². The van der Waals surface area contributed by atoms with Gasteiger partial charge >= 0.3 is 0 Å². The first-order valence-corrected chi connectivity index (χ1v) is 6.15. The van der Waals surface area contributed by atoms with Gasteiger partial charge in [-0.2, -0.15) is 0 Å². The minimum atomic E-state index is -0.307. The summed E-state index contributed by atoms with van der Waals surface area (Å²) in [7, 11) is 0. The van der Waals surface area contributed by atoms with E-state index in [1.54, 1.807) is 30.3 Å². The second kappa shape index (κ2) is 6.18. The van der Waals surface area contributed by atoms with Crippen LogP contribution in [0.4, 0.5) is 0 Å². The van der Waals surface area contributed by atoms with E-state index < -0.39 is 0 Å². The summed E-state index contributed by atoms with van der Waals surface area (Å²) >= 11 is 0. The van der Waals surface area contributed by atoms with Crippen LogP contribution in [0.3, 0.4) is 0 Å². The number of nitrogens with one attached hydrogen (secondary N) is 2. The lowest BCUT2D eigenvalue weighted by molar-refractivity contribution is 0.0919. The molecular weight excluding hydrogens is 240 g/mol. The molecule has 1 aromatic rings. The minimum Gasteiger partial charge on any atom is -0.349 e. The van der Waals surface area contributed by atoms with Crippen molar-refractivity contribution >= 4 is 11.8 Å². The molecule has 19 heavy (non-hydrogen) atoms. The molecule has 0 aliphatic carbocycles. The molecule has 0 heterocycles. The van der Waals surface area contributed by atoms with Crippen LogP contribution < -0.4 is 10.6 Å². The van der Waals surface area contributed by atoms with Gasteiger partial charge in [0.05, 0.1) is 0 Å². The van der Waals surface area contributed by atoms with Crippen molar-refractivity contribution in [3.05, 3.63) is 48.0 Å². The minimum absolute atomic E-state index is 0.189. The highest BCUT2D eigenvalue weighted by Gasteiger charge is 2.16. The molecule has 4 nitrogen and oxygen atoms in total. The fourth-order valence-corrected chi connectivity index (χ4v) is 1.48. The summed E-state index contributed by atoms with van der Waals surface area (Å²) < 4.78 is 0. The van der Waals surface area contributed by atoms with Crippen LogP contribution >= 0.6 is 0 Å². The third-order valence-electron chi connectivity index (χ3n) is 2.28. The van der Waals surface area contributed by atoms with E-state index in [1.165, 1.54) is 0 Å². The van der Waals surface area contributed by atoms with Crippen molar-refractivity contribution in [3.63, 3.8) is 0 Å². The van der Waals surface area contributed by atoms with Gasteiger partial charge in [-0.1, -0.05) is 12.1 Å². The van der Waals surface area contributed by atoms with E-state index in [0.717, 1.165) is 0 Å². The summed E-state index contributed by atoms with van der Waals surface area (Å²) in [5, 5.41) is 5.53. The summed E-state index contributed by atoms with van der Waals surface area (Å²) in [6.07, 6.45) is 1.61. The van der Waals surface area contributed by atoms with E-state index in [-0.39, 0.29) is 17.4 Å². The van der Waals surface area contributed by atoms with Crippen molar-refractivity contribution in [2.45, 2.75) is 26.3 Å². The molecule has 0 aliphatic rings. The monoisotopic (exact) mass is 260 g/mol. The largest absolute Gasteiger partial charge is 0.349 e. The van der Waals surface area contributed by atoms with E-state index in [1.807, 2.05) is 20.8 Å². The summed E-state index contributed by atoms with van der Waals surface area (Å²) in [5.41, 5.74) is 0.627. The maximum atomic E-state index is 12.0. The lowest BCUT2D eigenvalue weighted by Gasteiger charge is -2.20. The molecule has 0 aromatic heterocycles. The molecule has 0 bridgehead atoms. The summed E-state index contributed by atoms with van der Waals surface area (Å²) in [5.74, 6) is -0.406. The SMILES string of the molecule is C=CCNC(=O)c1cccc(C(=O)NC(C)(C)C)c1. The Morgan fingerprint density at radius 3 is 2.32 bits per heavy atom. The molecule has 2 N–H and O–H groups in total. The van der Waals surface area contributed by atoms with Gasteiger partial charge in [-0.3, -0.25) is 9.59 Å². The van der Waals surface area contributed by atoms with Crippen molar-refractivity contribution < 1.29 is 9.59 Å². The van der Waals surface area contributed by atoms with Gasteiger partial charge in [0.1, 0.15) is 0 Å². The van der Waals surface area contributed by atoms with Crippen LogP contribution in [-0.2, 0) is 0 Å². The fraction of sp³-hybridized carbons (Fsp3) is 0.333. The average Bonchev–Trinajstić information content (AvgIpc) is 2.34. The van der Waals surface area contributed by atoms with Crippen LogP contribution in [0.25, 0.3) is 0 Å². The van der Waals surface area contributed by atoms with Gasteiger partial charge in [-0.05, 0) is 39.0 Å². The lowest BCUT2D eigenvalue weighted by atomic mass is 10.1. The van der Waals surface area contributed by atoms with Crippen LogP contribution in [0, 0.1) is 0 Å². The Balaban J connectivity index is 2.85. The second-order valence-corrected chi connectivity index (χ2v) is 5.28. The van der Waals surface area contributed by atoms with Crippen molar-refractivity contribution in [2.75, 3.05) is 6.54 Å². The maximum absolute atomic E-state index is 12.0. The number of hydrogen-bond acceptors (Lipinski definition) is 2. The highest BCUT2D eigenvalue weighted by molar-refractivity contribution is 5.99. The van der Waals surface area contributed by atoms with E-state index in [2.05, 4.69) is 17.2 Å². The zero-order valence-electron chi connectivity index (χ0n) is 11.6. The van der Waals surface area contributed by atoms with Crippen molar-refractivity contribution in [2.24, 2.45) is 0 Å². The molecule has 0 radical (unpaired) electrons. The number of hydrogen-bond donors (Lipinski definition) is 2. The smallest absolute Gasteiger partial charge is 0.251 e. The molecule has 102 valence electrons. The predicted molar refractivity (Wildman–Crippen MR) is 76.2 cm³/mol. The molecule has 0 aliphatic heterocycles. The molecule has 2 amide bonds. The van der Waals surface area contributed by atoms with E-state index in [0.29, 0.717) is 17.7 Å². The number of carbonyl (C=O) groups excluding carboxylic acids is 2. The second-order valence-electron chi connectivity index (χ2n) is 5.28. The van der Waals surface area contributed by atoms with Crippen molar-refractivity contribution in [1.29, 1.82) is 0 Å². The fourth-order valence-electron chi connectivity index (χ4n) is 1.48. The van der Waals surface area contributed by atoms with Crippen LogP contribution in [-0.4, -0.2) is 23.9 Å². The van der Waals surface area contributed by atoms with Gasteiger partial charge in [-0.25, -0.2) is 0 Å². The van der Waals surface area contributed by atoms with Gasteiger partial charge in [0.2, 0.25) is 0 Å². The van der Waals surface area contributed by atoms with Gasteiger partial charge in [0.25, 0.3) is 11.8 Å². The quantitative estimate of drug-likeness (QED) is 0.815. The van der Waals surface area contributed by atoms with Crippen LogP contribution in [0.1, 0.15) is 41.5 Å². The van der Waals surface area contributed by atoms with E-state index >= 15 is 0 Å². The lowest BCUT2D eigenvalue weighted by Crippen LogP contribution is -2.40. The molecule has 0 atom stereocenters. The molecule has 1 aromatic carbocycles. The first kappa shape index (κ1) is 15.0. The zero-order valence-corrected chi connectivity index (χ0v) is 11.6. The predicted octanol–water partition coefficient (Wildman–Crippen LogP) is 2.13. The normalized spacial score (nSPS) is 10.7. The molecule has 0 fully saturated rings. The number of rotatable bonds is 4. The third-order valence-corrected chi connectivity index (χ3v) is 2.28. The molecule has 1 rings (SSSR count). The molecule has 0 unspecified atom stereocenters. The summed E-state index contributed by atoms with van der Waals surface area (Å²) in [6.45, 7) is 9.66. The Bertz CT molecular complexity index is 487. The van der Waals surface area contributed by atoms with Gasteiger partial charge in [-0.15, -0.1) is 6.58 Å². The van der Waals surface area contributed by atoms with Gasteiger partial charge in [0, 0.05) is 23.2 Å². The van der Waals surface area contributed by atoms with Gasteiger partial charge in [0.15, 0.2) is 0 Å². The Morgan fingerprint density at radius 1 is 1.21 bits per heavy atom. The maximum Gasteiger partial charge on any atom is 0.251 e.